The van der Waals surface area contributed by atoms with Crippen molar-refractivity contribution < 1.29 is 0 Å². The van der Waals surface area contributed by atoms with E-state index in [2.05, 4.69) is 16.8 Å². The van der Waals surface area contributed by atoms with E-state index in [9.17, 15) is 4.79 Å². The number of hydrogen-bond acceptors (Lipinski definition) is 5. The molecule has 114 valence electrons. The van der Waals surface area contributed by atoms with Crippen LogP contribution in [-0.4, -0.2) is 33.4 Å². The average molecular weight is 306 g/mol. The first-order chi connectivity index (χ1) is 10.1. The normalized spacial score (nSPS) is 23.8. The molecule has 1 aliphatic rings. The molecule has 6 heteroatoms. The molecule has 1 fully saturated rings. The highest BCUT2D eigenvalue weighted by Crippen LogP contribution is 2.23. The smallest absolute Gasteiger partial charge is 0.259 e. The zero-order valence-electron chi connectivity index (χ0n) is 12.6. The summed E-state index contributed by atoms with van der Waals surface area (Å²) in [6.07, 6.45) is 2.33. The molecule has 2 unspecified atom stereocenters. The second-order valence-corrected chi connectivity index (χ2v) is 6.91. The standard InChI is InChI=1S/C15H22N4OS/c1-10-3-4-18(13(5-10)7-16)8-12-6-14(20)19-11(2)9-21-15(19)17-12/h6,9-10,13H,3-5,7-8,16H2,1-2H3. The van der Waals surface area contributed by atoms with Crippen molar-refractivity contribution in [3.05, 3.63) is 33.2 Å². The predicted molar refractivity (Wildman–Crippen MR) is 85.7 cm³/mol. The quantitative estimate of drug-likeness (QED) is 0.936. The van der Waals surface area contributed by atoms with Gasteiger partial charge in [-0.15, -0.1) is 11.3 Å². The fraction of sp³-hybridized carbons (Fsp3) is 0.600. The molecule has 2 N–H and O–H groups in total. The second-order valence-electron chi connectivity index (χ2n) is 6.07. The Morgan fingerprint density at radius 2 is 2.33 bits per heavy atom. The summed E-state index contributed by atoms with van der Waals surface area (Å²) in [6.45, 7) is 6.64. The van der Waals surface area contributed by atoms with Crippen LogP contribution in [0, 0.1) is 12.8 Å². The van der Waals surface area contributed by atoms with Gasteiger partial charge in [0.2, 0.25) is 0 Å². The van der Waals surface area contributed by atoms with Crippen LogP contribution >= 0.6 is 11.3 Å². The maximum Gasteiger partial charge on any atom is 0.259 e. The number of piperidine rings is 1. The number of thiazole rings is 1. The lowest BCUT2D eigenvalue weighted by molar-refractivity contribution is 0.114. The van der Waals surface area contributed by atoms with Gasteiger partial charge in [0, 0.05) is 36.3 Å². The summed E-state index contributed by atoms with van der Waals surface area (Å²) >= 11 is 1.52. The summed E-state index contributed by atoms with van der Waals surface area (Å²) in [7, 11) is 0. The van der Waals surface area contributed by atoms with Crippen LogP contribution in [0.3, 0.4) is 0 Å². The summed E-state index contributed by atoms with van der Waals surface area (Å²) < 4.78 is 1.67. The number of fused-ring (bicyclic) bond motifs is 1. The molecule has 3 rings (SSSR count). The van der Waals surface area contributed by atoms with E-state index in [4.69, 9.17) is 5.73 Å². The number of rotatable bonds is 3. The Balaban J connectivity index is 1.86. The first kappa shape index (κ1) is 14.7. The van der Waals surface area contributed by atoms with E-state index >= 15 is 0 Å². The molecule has 0 amide bonds. The molecule has 2 atom stereocenters. The van der Waals surface area contributed by atoms with Crippen molar-refractivity contribution in [2.45, 2.75) is 39.3 Å². The molecular weight excluding hydrogens is 284 g/mol. The summed E-state index contributed by atoms with van der Waals surface area (Å²) in [5, 5.41) is 1.97. The first-order valence-corrected chi connectivity index (χ1v) is 8.37. The number of aromatic nitrogens is 2. The van der Waals surface area contributed by atoms with E-state index in [0.29, 0.717) is 12.6 Å². The Morgan fingerprint density at radius 3 is 3.10 bits per heavy atom. The Morgan fingerprint density at radius 1 is 1.52 bits per heavy atom. The van der Waals surface area contributed by atoms with Gasteiger partial charge in [-0.2, -0.15) is 0 Å². The molecule has 1 saturated heterocycles. The van der Waals surface area contributed by atoms with Crippen molar-refractivity contribution >= 4 is 16.3 Å². The van der Waals surface area contributed by atoms with Crippen LogP contribution < -0.4 is 11.3 Å². The Bertz CT molecular complexity index is 693. The maximum absolute atomic E-state index is 12.2. The first-order valence-electron chi connectivity index (χ1n) is 7.49. The monoisotopic (exact) mass is 306 g/mol. The third-order valence-corrected chi connectivity index (χ3v) is 5.31. The predicted octanol–water partition coefficient (Wildman–Crippen LogP) is 1.62. The molecular formula is C15H22N4OS. The van der Waals surface area contributed by atoms with Crippen molar-refractivity contribution in [2.75, 3.05) is 13.1 Å². The van der Waals surface area contributed by atoms with Gasteiger partial charge in [0.25, 0.3) is 5.56 Å². The fourth-order valence-corrected chi connectivity index (χ4v) is 4.03. The Kier molecular flexibility index (Phi) is 4.10. The molecule has 21 heavy (non-hydrogen) atoms. The molecule has 0 radical (unpaired) electrons. The number of aryl methyl sites for hydroxylation is 1. The number of nitrogens with zero attached hydrogens (tertiary/aromatic N) is 3. The van der Waals surface area contributed by atoms with Crippen molar-refractivity contribution in [1.82, 2.24) is 14.3 Å². The number of nitrogens with two attached hydrogens (primary N) is 1. The third kappa shape index (κ3) is 2.88. The minimum absolute atomic E-state index is 0.0171. The van der Waals surface area contributed by atoms with E-state index < -0.39 is 0 Å². The highest BCUT2D eigenvalue weighted by atomic mass is 32.1. The molecule has 0 aliphatic carbocycles. The molecule has 2 aromatic rings. The largest absolute Gasteiger partial charge is 0.329 e. The van der Waals surface area contributed by atoms with Crippen LogP contribution in [0.4, 0.5) is 0 Å². The topological polar surface area (TPSA) is 63.6 Å². The van der Waals surface area contributed by atoms with E-state index in [1.165, 1.54) is 17.8 Å². The van der Waals surface area contributed by atoms with Gasteiger partial charge in [0.15, 0.2) is 4.96 Å². The number of hydrogen-bond donors (Lipinski definition) is 1. The van der Waals surface area contributed by atoms with Crippen molar-refractivity contribution in [3.8, 4) is 0 Å². The van der Waals surface area contributed by atoms with Gasteiger partial charge in [-0.05, 0) is 32.2 Å². The molecule has 0 aromatic carbocycles. The molecule has 3 heterocycles. The highest BCUT2D eigenvalue weighted by molar-refractivity contribution is 7.15. The maximum atomic E-state index is 12.2. The summed E-state index contributed by atoms with van der Waals surface area (Å²) in [5.41, 5.74) is 7.73. The Hall–Kier alpha value is -1.24. The molecule has 2 aromatic heterocycles. The van der Waals surface area contributed by atoms with Crippen molar-refractivity contribution in [2.24, 2.45) is 11.7 Å². The van der Waals surface area contributed by atoms with Gasteiger partial charge in [-0.25, -0.2) is 4.98 Å². The molecule has 5 nitrogen and oxygen atoms in total. The van der Waals surface area contributed by atoms with Crippen LogP contribution in [0.5, 0.6) is 0 Å². The van der Waals surface area contributed by atoms with E-state index in [-0.39, 0.29) is 5.56 Å². The lowest BCUT2D eigenvalue weighted by atomic mass is 9.92. The molecule has 1 aliphatic heterocycles. The highest BCUT2D eigenvalue weighted by Gasteiger charge is 2.25. The Labute approximate surface area is 128 Å². The zero-order valence-corrected chi connectivity index (χ0v) is 13.4. The van der Waals surface area contributed by atoms with Gasteiger partial charge < -0.3 is 5.73 Å². The van der Waals surface area contributed by atoms with Crippen LogP contribution in [0.15, 0.2) is 16.2 Å². The molecule has 0 saturated carbocycles. The van der Waals surface area contributed by atoms with Crippen molar-refractivity contribution in [1.29, 1.82) is 0 Å². The minimum atomic E-state index is 0.0171. The summed E-state index contributed by atoms with van der Waals surface area (Å²) in [6, 6.07) is 2.07. The summed E-state index contributed by atoms with van der Waals surface area (Å²) in [4.78, 5) is 20.0. The second kappa shape index (κ2) is 5.87. The zero-order chi connectivity index (χ0) is 15.0. The van der Waals surface area contributed by atoms with E-state index in [1.807, 2.05) is 12.3 Å². The van der Waals surface area contributed by atoms with Gasteiger partial charge in [-0.3, -0.25) is 14.1 Å². The van der Waals surface area contributed by atoms with Crippen LogP contribution in [0.2, 0.25) is 0 Å². The third-order valence-electron chi connectivity index (χ3n) is 4.37. The number of likely N-dealkylation sites (tertiary alicyclic amines) is 1. The van der Waals surface area contributed by atoms with Gasteiger partial charge in [0.05, 0.1) is 5.69 Å². The van der Waals surface area contributed by atoms with Crippen LogP contribution in [-0.2, 0) is 6.54 Å². The van der Waals surface area contributed by atoms with Gasteiger partial charge in [0.1, 0.15) is 0 Å². The molecule has 0 bridgehead atoms. The fourth-order valence-electron chi connectivity index (χ4n) is 3.14. The molecule has 0 spiro atoms. The van der Waals surface area contributed by atoms with Crippen LogP contribution in [0.25, 0.3) is 4.96 Å². The minimum Gasteiger partial charge on any atom is -0.329 e. The SMILES string of the molecule is Cc1csc2nc(CN3CCC(C)CC3CN)cc(=O)n12. The van der Waals surface area contributed by atoms with Crippen molar-refractivity contribution in [3.63, 3.8) is 0 Å². The lowest BCUT2D eigenvalue weighted by Gasteiger charge is -2.37. The summed E-state index contributed by atoms with van der Waals surface area (Å²) in [5.74, 6) is 0.732. The van der Waals surface area contributed by atoms with Crippen LogP contribution in [0.1, 0.15) is 31.2 Å². The van der Waals surface area contributed by atoms with Gasteiger partial charge in [-0.1, -0.05) is 6.92 Å². The average Bonchev–Trinajstić information content (AvgIpc) is 2.82. The lowest BCUT2D eigenvalue weighted by Crippen LogP contribution is -2.45. The van der Waals surface area contributed by atoms with E-state index in [1.54, 1.807) is 10.5 Å². The van der Waals surface area contributed by atoms with Gasteiger partial charge >= 0.3 is 0 Å². The van der Waals surface area contributed by atoms with E-state index in [0.717, 1.165) is 41.8 Å².